The molecule has 0 fully saturated rings. The fourth-order valence-electron chi connectivity index (χ4n) is 2.43. The molecule has 0 aliphatic carbocycles. The SMILES string of the molecule is COc1cc(CNc2ccccn2)cc(N=Cc2cc(Br)ccc2O)c1O. The number of phenolic OH excluding ortho intramolecular Hbond substituents is 2. The van der Waals surface area contributed by atoms with Crippen LogP contribution in [0.25, 0.3) is 0 Å². The Morgan fingerprint density at radius 3 is 2.78 bits per heavy atom. The third-order valence-corrected chi connectivity index (χ3v) is 4.30. The third-order valence-electron chi connectivity index (χ3n) is 3.81. The van der Waals surface area contributed by atoms with E-state index in [4.69, 9.17) is 4.74 Å². The maximum Gasteiger partial charge on any atom is 0.183 e. The Kier molecular flexibility index (Phi) is 5.93. The predicted octanol–water partition coefficient (Wildman–Crippen LogP) is 4.63. The first-order valence-corrected chi connectivity index (χ1v) is 8.93. The maximum absolute atomic E-state index is 10.4. The number of phenols is 2. The zero-order valence-electron chi connectivity index (χ0n) is 14.6. The standard InChI is InChI=1S/C20H18BrN3O3/c1-27-18-9-13(11-24-19-4-2-3-7-22-19)8-16(20(18)26)23-12-14-10-15(21)5-6-17(14)25/h2-10,12,25-26H,11H2,1H3,(H,22,24). The number of ether oxygens (including phenoxy) is 1. The van der Waals surface area contributed by atoms with E-state index in [-0.39, 0.29) is 11.5 Å². The summed E-state index contributed by atoms with van der Waals surface area (Å²) in [5.74, 6) is 1.10. The van der Waals surface area contributed by atoms with Gasteiger partial charge in [0.25, 0.3) is 0 Å². The molecule has 0 aliphatic rings. The monoisotopic (exact) mass is 427 g/mol. The molecule has 0 amide bonds. The second kappa shape index (κ2) is 8.55. The van der Waals surface area contributed by atoms with E-state index in [9.17, 15) is 10.2 Å². The largest absolute Gasteiger partial charge is 0.507 e. The Morgan fingerprint density at radius 2 is 2.04 bits per heavy atom. The van der Waals surface area contributed by atoms with Crippen LogP contribution in [0.15, 0.2) is 64.2 Å². The number of nitrogens with zero attached hydrogens (tertiary/aromatic N) is 2. The minimum atomic E-state index is -0.0650. The van der Waals surface area contributed by atoms with Crippen molar-refractivity contribution in [2.24, 2.45) is 4.99 Å². The number of anilines is 1. The zero-order valence-corrected chi connectivity index (χ0v) is 16.1. The topological polar surface area (TPSA) is 87.0 Å². The molecule has 0 aliphatic heterocycles. The van der Waals surface area contributed by atoms with Gasteiger partial charge in [-0.05, 0) is 48.0 Å². The van der Waals surface area contributed by atoms with Crippen molar-refractivity contribution in [2.75, 3.05) is 12.4 Å². The summed E-state index contributed by atoms with van der Waals surface area (Å²) >= 11 is 3.36. The van der Waals surface area contributed by atoms with Crippen molar-refractivity contribution in [3.05, 3.63) is 70.3 Å². The fraction of sp³-hybridized carbons (Fsp3) is 0.100. The third kappa shape index (κ3) is 4.77. The molecular weight excluding hydrogens is 410 g/mol. The van der Waals surface area contributed by atoms with Gasteiger partial charge in [0.1, 0.15) is 17.3 Å². The van der Waals surface area contributed by atoms with Crippen molar-refractivity contribution in [1.29, 1.82) is 0 Å². The summed E-state index contributed by atoms with van der Waals surface area (Å²) in [5, 5.41) is 23.5. The van der Waals surface area contributed by atoms with E-state index < -0.39 is 0 Å². The number of aromatic hydroxyl groups is 2. The van der Waals surface area contributed by atoms with Crippen molar-refractivity contribution in [2.45, 2.75) is 6.54 Å². The number of methoxy groups -OCH3 is 1. The summed E-state index contributed by atoms with van der Waals surface area (Å²) in [6.45, 7) is 0.484. The molecule has 0 bridgehead atoms. The van der Waals surface area contributed by atoms with Crippen molar-refractivity contribution < 1.29 is 14.9 Å². The van der Waals surface area contributed by atoms with Crippen LogP contribution in [0, 0.1) is 0 Å². The van der Waals surface area contributed by atoms with Gasteiger partial charge in [-0.15, -0.1) is 0 Å². The first kappa shape index (κ1) is 18.7. The highest BCUT2D eigenvalue weighted by Crippen LogP contribution is 2.37. The van der Waals surface area contributed by atoms with Crippen LogP contribution in [0.1, 0.15) is 11.1 Å². The Morgan fingerprint density at radius 1 is 1.19 bits per heavy atom. The molecule has 0 saturated heterocycles. The molecule has 0 spiro atoms. The van der Waals surface area contributed by atoms with Crippen LogP contribution in [-0.4, -0.2) is 28.5 Å². The lowest BCUT2D eigenvalue weighted by molar-refractivity contribution is 0.374. The van der Waals surface area contributed by atoms with E-state index >= 15 is 0 Å². The zero-order chi connectivity index (χ0) is 19.2. The van der Waals surface area contributed by atoms with Crippen molar-refractivity contribution in [1.82, 2.24) is 4.98 Å². The highest BCUT2D eigenvalue weighted by Gasteiger charge is 2.10. The number of hydrogen-bond acceptors (Lipinski definition) is 6. The molecule has 0 atom stereocenters. The molecule has 7 heteroatoms. The van der Waals surface area contributed by atoms with Crippen molar-refractivity contribution >= 4 is 33.6 Å². The number of aliphatic imine (C=N–C) groups is 1. The number of pyridine rings is 1. The van der Waals surface area contributed by atoms with Crippen LogP contribution >= 0.6 is 15.9 Å². The Labute approximate surface area is 165 Å². The van der Waals surface area contributed by atoms with Crippen molar-refractivity contribution in [3.63, 3.8) is 0 Å². The number of hydrogen-bond donors (Lipinski definition) is 3. The maximum atomic E-state index is 10.4. The minimum absolute atomic E-state index is 0.0650. The van der Waals surface area contributed by atoms with Gasteiger partial charge in [0.15, 0.2) is 11.5 Å². The van der Waals surface area contributed by atoms with Crippen LogP contribution in [0.2, 0.25) is 0 Å². The lowest BCUT2D eigenvalue weighted by atomic mass is 10.1. The highest BCUT2D eigenvalue weighted by molar-refractivity contribution is 9.10. The van der Waals surface area contributed by atoms with E-state index in [0.717, 1.165) is 15.9 Å². The molecule has 3 aromatic rings. The van der Waals surface area contributed by atoms with Gasteiger partial charge in [-0.25, -0.2) is 4.98 Å². The number of halogens is 1. The normalized spacial score (nSPS) is 10.9. The predicted molar refractivity (Wildman–Crippen MR) is 109 cm³/mol. The highest BCUT2D eigenvalue weighted by atomic mass is 79.9. The molecule has 0 unspecified atom stereocenters. The van der Waals surface area contributed by atoms with Gasteiger partial charge in [-0.2, -0.15) is 0 Å². The average molecular weight is 428 g/mol. The molecule has 0 saturated carbocycles. The van der Waals surface area contributed by atoms with Gasteiger partial charge in [0, 0.05) is 29.0 Å². The smallest absolute Gasteiger partial charge is 0.183 e. The van der Waals surface area contributed by atoms with E-state index in [2.05, 4.69) is 31.2 Å². The molecule has 3 rings (SSSR count). The summed E-state index contributed by atoms with van der Waals surface area (Å²) in [7, 11) is 1.48. The van der Waals surface area contributed by atoms with E-state index in [0.29, 0.717) is 23.5 Å². The second-order valence-corrected chi connectivity index (χ2v) is 6.61. The quantitative estimate of drug-likeness (QED) is 0.499. The van der Waals surface area contributed by atoms with Crippen LogP contribution in [-0.2, 0) is 6.54 Å². The Bertz CT molecular complexity index is 962. The van der Waals surface area contributed by atoms with Gasteiger partial charge < -0.3 is 20.3 Å². The van der Waals surface area contributed by atoms with Gasteiger partial charge in [0.05, 0.1) is 7.11 Å². The average Bonchev–Trinajstić information content (AvgIpc) is 2.69. The molecule has 3 N–H and O–H groups in total. The molecule has 0 radical (unpaired) electrons. The number of nitrogens with one attached hydrogen (secondary N) is 1. The van der Waals surface area contributed by atoms with Crippen LogP contribution in [0.3, 0.4) is 0 Å². The Hall–Kier alpha value is -3.06. The van der Waals surface area contributed by atoms with Crippen molar-refractivity contribution in [3.8, 4) is 17.2 Å². The van der Waals surface area contributed by atoms with Crippen LogP contribution < -0.4 is 10.1 Å². The molecule has 27 heavy (non-hydrogen) atoms. The molecule has 1 aromatic heterocycles. The Balaban J connectivity index is 1.87. The molecular formula is C20H18BrN3O3. The number of benzene rings is 2. The number of aromatic nitrogens is 1. The second-order valence-electron chi connectivity index (χ2n) is 5.70. The summed E-state index contributed by atoms with van der Waals surface area (Å²) in [6.07, 6.45) is 3.20. The van der Waals surface area contributed by atoms with Gasteiger partial charge in [-0.3, -0.25) is 4.99 Å². The molecule has 138 valence electrons. The molecule has 1 heterocycles. The number of rotatable bonds is 6. The minimum Gasteiger partial charge on any atom is -0.507 e. The first-order chi connectivity index (χ1) is 13.1. The summed E-state index contributed by atoms with van der Waals surface area (Å²) < 4.78 is 6.07. The van der Waals surface area contributed by atoms with E-state index in [1.165, 1.54) is 13.3 Å². The lowest BCUT2D eigenvalue weighted by Gasteiger charge is -2.11. The van der Waals surface area contributed by atoms with Crippen LogP contribution in [0.5, 0.6) is 17.2 Å². The summed E-state index contributed by atoms with van der Waals surface area (Å²) in [4.78, 5) is 8.54. The molecule has 2 aromatic carbocycles. The van der Waals surface area contributed by atoms with E-state index in [1.54, 1.807) is 36.5 Å². The van der Waals surface area contributed by atoms with Gasteiger partial charge in [-0.1, -0.05) is 22.0 Å². The molecule has 6 nitrogen and oxygen atoms in total. The first-order valence-electron chi connectivity index (χ1n) is 8.14. The summed E-state index contributed by atoms with van der Waals surface area (Å²) in [5.41, 5.74) is 1.73. The van der Waals surface area contributed by atoms with Gasteiger partial charge >= 0.3 is 0 Å². The summed E-state index contributed by atoms with van der Waals surface area (Å²) in [6, 6.07) is 14.1. The fourth-order valence-corrected chi connectivity index (χ4v) is 2.81. The van der Waals surface area contributed by atoms with Crippen LogP contribution in [0.4, 0.5) is 11.5 Å². The van der Waals surface area contributed by atoms with E-state index in [1.807, 2.05) is 18.2 Å². The lowest BCUT2D eigenvalue weighted by Crippen LogP contribution is -2.01. The van der Waals surface area contributed by atoms with Gasteiger partial charge in [0.2, 0.25) is 0 Å².